The van der Waals surface area contributed by atoms with E-state index in [-0.39, 0.29) is 35.3 Å². The monoisotopic (exact) mass is 338 g/mol. The Kier molecular flexibility index (Phi) is 5.11. The van der Waals surface area contributed by atoms with E-state index in [0.717, 1.165) is 9.75 Å². The van der Waals surface area contributed by atoms with Gasteiger partial charge in [0.05, 0.1) is 24.0 Å². The Morgan fingerprint density at radius 1 is 1.59 bits per heavy atom. The third-order valence-electron chi connectivity index (χ3n) is 3.16. The van der Waals surface area contributed by atoms with Crippen LogP contribution in [0.1, 0.15) is 22.6 Å². The molecule has 0 radical (unpaired) electrons. The maximum Gasteiger partial charge on any atom is 0.338 e. The van der Waals surface area contributed by atoms with Crippen LogP contribution < -0.4 is 5.73 Å². The summed E-state index contributed by atoms with van der Waals surface area (Å²) in [5.41, 5.74) is 6.25. The van der Waals surface area contributed by atoms with Gasteiger partial charge in [-0.25, -0.2) is 4.79 Å². The molecule has 0 unspecified atom stereocenters. The number of allylic oxidation sites excluding steroid dienone is 2. The molecule has 1 aromatic heterocycles. The highest BCUT2D eigenvalue weighted by Crippen LogP contribution is 2.42. The number of nitrogens with zero attached hydrogens (tertiary/aromatic N) is 1. The van der Waals surface area contributed by atoms with Crippen molar-refractivity contribution in [2.45, 2.75) is 19.8 Å². The van der Waals surface area contributed by atoms with Crippen LogP contribution in [0.4, 0.5) is 0 Å². The number of halogens is 1. The summed E-state index contributed by atoms with van der Waals surface area (Å²) < 4.78 is 10.5. The predicted octanol–water partition coefficient (Wildman–Crippen LogP) is 2.92. The molecule has 1 atom stereocenters. The molecule has 2 N–H and O–H groups in total. The first-order chi connectivity index (χ1) is 10.5. The number of carbonyl (C=O) groups is 1. The van der Waals surface area contributed by atoms with Crippen molar-refractivity contribution in [1.82, 2.24) is 0 Å². The fraction of sp³-hybridized carbons (Fsp3) is 0.333. The largest absolute Gasteiger partial charge is 0.463 e. The van der Waals surface area contributed by atoms with E-state index in [1.807, 2.05) is 25.1 Å². The van der Waals surface area contributed by atoms with Crippen molar-refractivity contribution in [3.05, 3.63) is 44.7 Å². The Labute approximate surface area is 137 Å². The minimum absolute atomic E-state index is 0.0257. The molecule has 1 aliphatic heterocycles. The van der Waals surface area contributed by atoms with Gasteiger partial charge < -0.3 is 15.2 Å². The van der Waals surface area contributed by atoms with Crippen molar-refractivity contribution in [2.24, 2.45) is 5.73 Å². The fourth-order valence-electron chi connectivity index (χ4n) is 2.24. The van der Waals surface area contributed by atoms with Crippen LogP contribution in [0.15, 0.2) is 34.9 Å². The maximum atomic E-state index is 12.3. The van der Waals surface area contributed by atoms with Crippen LogP contribution >= 0.6 is 22.9 Å². The molecule has 22 heavy (non-hydrogen) atoms. The molecule has 2 rings (SSSR count). The minimum atomic E-state index is -0.606. The summed E-state index contributed by atoms with van der Waals surface area (Å²) in [6.07, 6.45) is 0. The quantitative estimate of drug-likeness (QED) is 0.674. The molecule has 1 aromatic rings. The first-order valence-corrected chi connectivity index (χ1v) is 7.98. The molecule has 116 valence electrons. The Morgan fingerprint density at radius 2 is 2.32 bits per heavy atom. The van der Waals surface area contributed by atoms with Gasteiger partial charge in [-0.05, 0) is 26.0 Å². The smallest absolute Gasteiger partial charge is 0.338 e. The van der Waals surface area contributed by atoms with Crippen LogP contribution in [0.25, 0.3) is 0 Å². The number of carbonyl (C=O) groups excluding carboxylic acids is 1. The molecule has 7 heteroatoms. The molecule has 0 spiro atoms. The van der Waals surface area contributed by atoms with E-state index >= 15 is 0 Å². The van der Waals surface area contributed by atoms with Gasteiger partial charge >= 0.3 is 5.97 Å². The lowest BCUT2D eigenvalue weighted by atomic mass is 9.87. The second-order valence-corrected chi connectivity index (χ2v) is 6.15. The third-order valence-corrected chi connectivity index (χ3v) is 4.47. The maximum absolute atomic E-state index is 12.3. The normalized spacial score (nSPS) is 18.0. The summed E-state index contributed by atoms with van der Waals surface area (Å²) in [4.78, 5) is 14.2. The lowest BCUT2D eigenvalue weighted by Gasteiger charge is -2.26. The molecule has 0 amide bonds. The van der Waals surface area contributed by atoms with Crippen molar-refractivity contribution in [3.8, 4) is 6.07 Å². The van der Waals surface area contributed by atoms with Gasteiger partial charge in [-0.15, -0.1) is 22.9 Å². The van der Waals surface area contributed by atoms with Gasteiger partial charge in [0, 0.05) is 9.75 Å². The number of alkyl halides is 1. The van der Waals surface area contributed by atoms with Gasteiger partial charge in [0.15, 0.2) is 0 Å². The van der Waals surface area contributed by atoms with Crippen LogP contribution in [0, 0.1) is 18.3 Å². The van der Waals surface area contributed by atoms with Gasteiger partial charge in [-0.3, -0.25) is 0 Å². The van der Waals surface area contributed by atoms with E-state index in [0.29, 0.717) is 0 Å². The lowest BCUT2D eigenvalue weighted by molar-refractivity contribution is -0.139. The van der Waals surface area contributed by atoms with Crippen molar-refractivity contribution < 1.29 is 14.3 Å². The molecule has 0 saturated carbocycles. The van der Waals surface area contributed by atoms with Gasteiger partial charge in [0.1, 0.15) is 17.4 Å². The van der Waals surface area contributed by atoms with Crippen LogP contribution in [0.2, 0.25) is 0 Å². The number of nitriles is 1. The van der Waals surface area contributed by atoms with Gasteiger partial charge in [0.2, 0.25) is 5.88 Å². The molecule has 1 aliphatic rings. The van der Waals surface area contributed by atoms with E-state index in [1.165, 1.54) is 11.3 Å². The SMILES string of the molecule is CCOC(=O)C1=C(CCl)OC(N)=C(C#N)[C@@H]1c1ccc(C)s1. The van der Waals surface area contributed by atoms with Gasteiger partial charge in [0.25, 0.3) is 0 Å². The summed E-state index contributed by atoms with van der Waals surface area (Å²) >= 11 is 7.37. The van der Waals surface area contributed by atoms with E-state index in [4.69, 9.17) is 26.8 Å². The van der Waals surface area contributed by atoms with Crippen LogP contribution in [-0.2, 0) is 14.3 Å². The van der Waals surface area contributed by atoms with E-state index in [2.05, 4.69) is 0 Å². The summed E-state index contributed by atoms with van der Waals surface area (Å²) in [6, 6.07) is 5.82. The van der Waals surface area contributed by atoms with Crippen molar-refractivity contribution in [3.63, 3.8) is 0 Å². The molecule has 0 fully saturated rings. The Bertz CT molecular complexity index is 700. The molecule has 0 aliphatic carbocycles. The van der Waals surface area contributed by atoms with Crippen LogP contribution in [0.3, 0.4) is 0 Å². The summed E-state index contributed by atoms with van der Waals surface area (Å²) in [7, 11) is 0. The first kappa shape index (κ1) is 16.4. The van der Waals surface area contributed by atoms with E-state index in [1.54, 1.807) is 6.92 Å². The number of hydrogen-bond donors (Lipinski definition) is 1. The van der Waals surface area contributed by atoms with Crippen LogP contribution in [0.5, 0.6) is 0 Å². The van der Waals surface area contributed by atoms with Gasteiger partial charge in [-0.1, -0.05) is 0 Å². The van der Waals surface area contributed by atoms with Crippen molar-refractivity contribution in [2.75, 3.05) is 12.5 Å². The summed E-state index contributed by atoms with van der Waals surface area (Å²) in [5.74, 6) is -0.983. The van der Waals surface area contributed by atoms with Crippen molar-refractivity contribution >= 4 is 28.9 Å². The number of esters is 1. The Hall–Kier alpha value is -1.97. The molecule has 0 bridgehead atoms. The number of aryl methyl sites for hydroxylation is 1. The zero-order valence-corrected chi connectivity index (χ0v) is 13.8. The standard InChI is InChI=1S/C15H15ClN2O3S/c1-3-20-15(19)13-10(6-16)21-14(18)9(7-17)12(13)11-5-4-8(2)22-11/h4-5,12H,3,6,18H2,1-2H3/t12-/m1/s1. The van der Waals surface area contributed by atoms with Crippen LogP contribution in [-0.4, -0.2) is 18.5 Å². The molecule has 0 saturated heterocycles. The highest BCUT2D eigenvalue weighted by Gasteiger charge is 2.38. The van der Waals surface area contributed by atoms with Crippen molar-refractivity contribution in [1.29, 1.82) is 5.26 Å². The molecular weight excluding hydrogens is 324 g/mol. The fourth-order valence-corrected chi connectivity index (χ4v) is 3.44. The third kappa shape index (κ3) is 2.96. The minimum Gasteiger partial charge on any atom is -0.463 e. The highest BCUT2D eigenvalue weighted by atomic mass is 35.5. The average molecular weight is 339 g/mol. The van der Waals surface area contributed by atoms with E-state index < -0.39 is 11.9 Å². The number of hydrogen-bond acceptors (Lipinski definition) is 6. The second-order valence-electron chi connectivity index (χ2n) is 4.56. The lowest BCUT2D eigenvalue weighted by Crippen LogP contribution is -2.26. The molecule has 2 heterocycles. The second kappa shape index (κ2) is 6.86. The predicted molar refractivity (Wildman–Crippen MR) is 84.1 cm³/mol. The van der Waals surface area contributed by atoms with Gasteiger partial charge in [-0.2, -0.15) is 5.26 Å². The number of ether oxygens (including phenoxy) is 2. The Balaban J connectivity index is 2.62. The zero-order chi connectivity index (χ0) is 16.3. The topological polar surface area (TPSA) is 85.3 Å². The average Bonchev–Trinajstić information content (AvgIpc) is 2.92. The highest BCUT2D eigenvalue weighted by molar-refractivity contribution is 7.12. The zero-order valence-electron chi connectivity index (χ0n) is 12.2. The molecular formula is C15H15ClN2O3S. The first-order valence-electron chi connectivity index (χ1n) is 6.63. The number of rotatable bonds is 4. The van der Waals surface area contributed by atoms with E-state index in [9.17, 15) is 10.1 Å². The molecule has 5 nitrogen and oxygen atoms in total. The summed E-state index contributed by atoms with van der Waals surface area (Å²) in [6.45, 7) is 3.88. The number of thiophene rings is 1. The molecule has 0 aromatic carbocycles. The Morgan fingerprint density at radius 3 is 2.82 bits per heavy atom. The number of nitrogens with two attached hydrogens (primary N) is 1. The summed E-state index contributed by atoms with van der Waals surface area (Å²) in [5, 5.41) is 9.42.